The van der Waals surface area contributed by atoms with Crippen LogP contribution in [0.15, 0.2) is 0 Å². The van der Waals surface area contributed by atoms with Gasteiger partial charge >= 0.3 is 0 Å². The number of hydrogen-bond donors (Lipinski definition) is 1. The molecule has 2 saturated carbocycles. The first-order valence-corrected chi connectivity index (χ1v) is 6.37. The van der Waals surface area contributed by atoms with Gasteiger partial charge in [0, 0.05) is 6.54 Å². The van der Waals surface area contributed by atoms with Gasteiger partial charge in [0.15, 0.2) is 0 Å². The molecule has 0 radical (unpaired) electrons. The van der Waals surface area contributed by atoms with Crippen LogP contribution in [0, 0.1) is 11.8 Å². The Hall–Kier alpha value is -0.570. The maximum absolute atomic E-state index is 11.8. The largest absolute Gasteiger partial charge is 0.325 e. The zero-order valence-electron chi connectivity index (χ0n) is 9.24. The van der Waals surface area contributed by atoms with Gasteiger partial charge in [0.1, 0.15) is 0 Å². The van der Waals surface area contributed by atoms with Crippen molar-refractivity contribution in [3.05, 3.63) is 0 Å². The molecule has 0 spiro atoms. The smallest absolute Gasteiger partial charge is 0.237 e. The van der Waals surface area contributed by atoms with Crippen LogP contribution in [-0.2, 0) is 4.79 Å². The molecule has 1 aliphatic heterocycles. The quantitative estimate of drug-likeness (QED) is 0.759. The van der Waals surface area contributed by atoms with Gasteiger partial charge in [-0.2, -0.15) is 0 Å². The predicted molar refractivity (Wildman–Crippen MR) is 58.2 cm³/mol. The molecule has 0 bridgehead atoms. The van der Waals surface area contributed by atoms with Crippen molar-refractivity contribution in [3.63, 3.8) is 0 Å². The van der Waals surface area contributed by atoms with Gasteiger partial charge < -0.3 is 4.90 Å². The highest BCUT2D eigenvalue weighted by atomic mass is 16.2. The Kier molecular flexibility index (Phi) is 2.43. The average molecular weight is 208 g/mol. The third-order valence-corrected chi connectivity index (χ3v) is 4.12. The van der Waals surface area contributed by atoms with E-state index in [1.54, 1.807) is 0 Å². The van der Waals surface area contributed by atoms with Crippen LogP contribution in [0.2, 0.25) is 0 Å². The first-order valence-electron chi connectivity index (χ1n) is 6.37. The van der Waals surface area contributed by atoms with Crippen molar-refractivity contribution >= 4 is 5.91 Å². The molecule has 84 valence electrons. The second-order valence-corrected chi connectivity index (χ2v) is 5.36. The topological polar surface area (TPSA) is 32.3 Å². The van der Waals surface area contributed by atoms with Gasteiger partial charge in [0.2, 0.25) is 5.91 Å². The number of rotatable bonds is 3. The molecule has 2 aliphatic carbocycles. The fraction of sp³-hybridized carbons (Fsp3) is 0.917. The zero-order valence-corrected chi connectivity index (χ0v) is 9.24. The standard InChI is InChI=1S/C12H20N2O/c15-11-7-13-12(10-3-1-2-4-10)14(11)8-9-5-6-9/h9-10,12-13H,1-8H2. The Balaban J connectivity index is 1.66. The van der Waals surface area contributed by atoms with E-state index >= 15 is 0 Å². The van der Waals surface area contributed by atoms with Crippen molar-refractivity contribution in [1.29, 1.82) is 0 Å². The molecular formula is C12H20N2O. The maximum Gasteiger partial charge on any atom is 0.237 e. The van der Waals surface area contributed by atoms with Crippen molar-refractivity contribution in [2.45, 2.75) is 44.7 Å². The van der Waals surface area contributed by atoms with Crippen molar-refractivity contribution in [3.8, 4) is 0 Å². The first kappa shape index (κ1) is 9.64. The summed E-state index contributed by atoms with van der Waals surface area (Å²) in [6, 6.07) is 0. The van der Waals surface area contributed by atoms with Crippen LogP contribution in [-0.4, -0.2) is 30.1 Å². The van der Waals surface area contributed by atoms with E-state index in [-0.39, 0.29) is 0 Å². The molecule has 3 rings (SSSR count). The van der Waals surface area contributed by atoms with E-state index in [0.29, 0.717) is 18.6 Å². The normalized spacial score (nSPS) is 32.9. The summed E-state index contributed by atoms with van der Waals surface area (Å²) in [7, 11) is 0. The predicted octanol–water partition coefficient (Wildman–Crippen LogP) is 1.34. The molecule has 1 unspecified atom stereocenters. The fourth-order valence-electron chi connectivity index (χ4n) is 3.05. The molecule has 3 nitrogen and oxygen atoms in total. The van der Waals surface area contributed by atoms with Crippen LogP contribution in [0.1, 0.15) is 38.5 Å². The Labute approximate surface area is 91.2 Å². The lowest BCUT2D eigenvalue weighted by Crippen LogP contribution is -2.43. The summed E-state index contributed by atoms with van der Waals surface area (Å²) in [5, 5.41) is 3.41. The SMILES string of the molecule is O=C1CNC(C2CCCC2)N1CC1CC1. The number of hydrogen-bond acceptors (Lipinski definition) is 2. The number of carbonyl (C=O) groups is 1. The van der Waals surface area contributed by atoms with E-state index in [9.17, 15) is 4.79 Å². The minimum atomic E-state index is 0.332. The van der Waals surface area contributed by atoms with E-state index in [1.807, 2.05) is 0 Å². The molecule has 0 aromatic heterocycles. The van der Waals surface area contributed by atoms with Gasteiger partial charge in [-0.25, -0.2) is 0 Å². The number of amides is 1. The molecule has 3 heteroatoms. The van der Waals surface area contributed by atoms with E-state index in [0.717, 1.165) is 18.4 Å². The second-order valence-electron chi connectivity index (χ2n) is 5.36. The number of nitrogens with zero attached hydrogens (tertiary/aromatic N) is 1. The first-order chi connectivity index (χ1) is 7.34. The van der Waals surface area contributed by atoms with Gasteiger partial charge in [-0.15, -0.1) is 0 Å². The summed E-state index contributed by atoms with van der Waals surface area (Å²) in [6.07, 6.45) is 8.38. The van der Waals surface area contributed by atoms with Crippen LogP contribution < -0.4 is 5.32 Å². The summed E-state index contributed by atoms with van der Waals surface area (Å²) < 4.78 is 0. The van der Waals surface area contributed by atoms with Crippen LogP contribution in [0.3, 0.4) is 0 Å². The highest BCUT2D eigenvalue weighted by Gasteiger charge is 2.39. The van der Waals surface area contributed by atoms with E-state index in [1.165, 1.54) is 38.5 Å². The van der Waals surface area contributed by atoms with Crippen molar-refractivity contribution < 1.29 is 4.79 Å². The summed E-state index contributed by atoms with van der Waals surface area (Å²) in [4.78, 5) is 13.9. The van der Waals surface area contributed by atoms with Gasteiger partial charge in [0.25, 0.3) is 0 Å². The fourth-order valence-corrected chi connectivity index (χ4v) is 3.05. The van der Waals surface area contributed by atoms with Gasteiger partial charge in [-0.3, -0.25) is 10.1 Å². The molecule has 1 heterocycles. The molecule has 3 fully saturated rings. The maximum atomic E-state index is 11.8. The average Bonchev–Trinajstić information content (AvgIpc) is 2.75. The van der Waals surface area contributed by atoms with E-state index < -0.39 is 0 Å². The highest BCUT2D eigenvalue weighted by molar-refractivity contribution is 5.80. The van der Waals surface area contributed by atoms with Crippen molar-refractivity contribution in [1.82, 2.24) is 10.2 Å². The number of carbonyl (C=O) groups excluding carboxylic acids is 1. The Bertz CT molecular complexity index is 256. The minimum Gasteiger partial charge on any atom is -0.325 e. The molecule has 1 N–H and O–H groups in total. The summed E-state index contributed by atoms with van der Waals surface area (Å²) >= 11 is 0. The molecule has 0 aromatic rings. The third-order valence-electron chi connectivity index (χ3n) is 4.12. The Morgan fingerprint density at radius 2 is 1.93 bits per heavy atom. The molecule has 1 atom stereocenters. The van der Waals surface area contributed by atoms with E-state index in [2.05, 4.69) is 10.2 Å². The van der Waals surface area contributed by atoms with Crippen LogP contribution in [0.5, 0.6) is 0 Å². The van der Waals surface area contributed by atoms with Crippen LogP contribution in [0.4, 0.5) is 0 Å². The van der Waals surface area contributed by atoms with Gasteiger partial charge in [0.05, 0.1) is 12.7 Å². The molecular weight excluding hydrogens is 188 g/mol. The molecule has 1 amide bonds. The summed E-state index contributed by atoms with van der Waals surface area (Å²) in [5.74, 6) is 1.88. The number of nitrogens with one attached hydrogen (secondary N) is 1. The van der Waals surface area contributed by atoms with Crippen LogP contribution in [0.25, 0.3) is 0 Å². The Morgan fingerprint density at radius 3 is 2.60 bits per heavy atom. The zero-order chi connectivity index (χ0) is 10.3. The lowest BCUT2D eigenvalue weighted by molar-refractivity contribution is -0.128. The van der Waals surface area contributed by atoms with E-state index in [4.69, 9.17) is 0 Å². The van der Waals surface area contributed by atoms with Gasteiger partial charge in [-0.05, 0) is 37.5 Å². The van der Waals surface area contributed by atoms with Gasteiger partial charge in [-0.1, -0.05) is 12.8 Å². The second kappa shape index (κ2) is 3.78. The Morgan fingerprint density at radius 1 is 1.20 bits per heavy atom. The van der Waals surface area contributed by atoms with Crippen molar-refractivity contribution in [2.75, 3.05) is 13.1 Å². The highest BCUT2D eigenvalue weighted by Crippen LogP contribution is 2.35. The van der Waals surface area contributed by atoms with Crippen molar-refractivity contribution in [2.24, 2.45) is 11.8 Å². The lowest BCUT2D eigenvalue weighted by Gasteiger charge is -2.29. The minimum absolute atomic E-state index is 0.332. The lowest BCUT2D eigenvalue weighted by atomic mass is 10.0. The summed E-state index contributed by atoms with van der Waals surface area (Å²) in [5.41, 5.74) is 0. The molecule has 3 aliphatic rings. The molecule has 15 heavy (non-hydrogen) atoms. The third kappa shape index (κ3) is 1.89. The molecule has 1 saturated heterocycles. The monoisotopic (exact) mass is 208 g/mol. The van der Waals surface area contributed by atoms with Crippen LogP contribution >= 0.6 is 0 Å². The summed E-state index contributed by atoms with van der Waals surface area (Å²) in [6.45, 7) is 1.60. The molecule has 0 aromatic carbocycles.